The van der Waals surface area contributed by atoms with Gasteiger partial charge < -0.3 is 10.2 Å². The van der Waals surface area contributed by atoms with E-state index in [1.54, 1.807) is 25.2 Å². The summed E-state index contributed by atoms with van der Waals surface area (Å²) >= 11 is 0. The molecule has 1 aromatic carbocycles. The van der Waals surface area contributed by atoms with Crippen LogP contribution in [-0.2, 0) is 19.4 Å². The number of hydrogen-bond donors (Lipinski definition) is 1. The second kappa shape index (κ2) is 8.52. The third kappa shape index (κ3) is 4.29. The second-order valence-electron chi connectivity index (χ2n) is 7.66. The summed E-state index contributed by atoms with van der Waals surface area (Å²) in [6.07, 6.45) is 4.32. The lowest BCUT2D eigenvalue weighted by Gasteiger charge is -2.35. The molecule has 1 heterocycles. The van der Waals surface area contributed by atoms with Gasteiger partial charge in [0.2, 0.25) is 5.91 Å². The SMILES string of the molecule is CN1C(=O)N(CC(=O)NCCCS(=O)(=O)c2ccccc2)C(=O)C12CCCCC2. The number of rotatable bonds is 7. The maximum absolute atomic E-state index is 12.9. The Morgan fingerprint density at radius 1 is 1.10 bits per heavy atom. The molecule has 0 aromatic heterocycles. The molecule has 2 fully saturated rings. The molecule has 1 spiro atoms. The normalized spacial score (nSPS) is 19.1. The molecule has 1 aromatic rings. The minimum atomic E-state index is -3.40. The molecule has 9 heteroatoms. The Labute approximate surface area is 171 Å². The summed E-state index contributed by atoms with van der Waals surface area (Å²) in [7, 11) is -1.78. The first-order valence-electron chi connectivity index (χ1n) is 9.92. The monoisotopic (exact) mass is 421 g/mol. The zero-order valence-corrected chi connectivity index (χ0v) is 17.4. The largest absolute Gasteiger partial charge is 0.355 e. The van der Waals surface area contributed by atoms with Crippen LogP contribution in [0.1, 0.15) is 38.5 Å². The van der Waals surface area contributed by atoms with Crippen molar-refractivity contribution in [1.82, 2.24) is 15.1 Å². The van der Waals surface area contributed by atoms with Gasteiger partial charge in [-0.05, 0) is 31.4 Å². The van der Waals surface area contributed by atoms with Gasteiger partial charge in [0.1, 0.15) is 12.1 Å². The van der Waals surface area contributed by atoms with Crippen LogP contribution in [0.3, 0.4) is 0 Å². The quantitative estimate of drug-likeness (QED) is 0.532. The number of nitrogens with one attached hydrogen (secondary N) is 1. The maximum atomic E-state index is 12.9. The minimum absolute atomic E-state index is 0.0925. The van der Waals surface area contributed by atoms with Gasteiger partial charge in [0.25, 0.3) is 5.91 Å². The lowest BCUT2D eigenvalue weighted by molar-refractivity contribution is -0.137. The number of sulfone groups is 1. The van der Waals surface area contributed by atoms with E-state index < -0.39 is 27.3 Å². The van der Waals surface area contributed by atoms with Crippen LogP contribution in [0.15, 0.2) is 35.2 Å². The Balaban J connectivity index is 1.50. The predicted octanol–water partition coefficient (Wildman–Crippen LogP) is 1.56. The summed E-state index contributed by atoms with van der Waals surface area (Å²) in [5, 5.41) is 2.61. The molecule has 0 unspecified atom stereocenters. The second-order valence-corrected chi connectivity index (χ2v) is 9.77. The molecule has 4 amide bonds. The van der Waals surface area contributed by atoms with E-state index >= 15 is 0 Å². The number of carbonyl (C=O) groups excluding carboxylic acids is 3. The number of amides is 4. The van der Waals surface area contributed by atoms with Gasteiger partial charge in [0.15, 0.2) is 9.84 Å². The van der Waals surface area contributed by atoms with Crippen molar-refractivity contribution in [1.29, 1.82) is 0 Å². The first-order chi connectivity index (χ1) is 13.8. The first kappa shape index (κ1) is 21.3. The van der Waals surface area contributed by atoms with Crippen LogP contribution < -0.4 is 5.32 Å². The molecule has 1 N–H and O–H groups in total. The number of benzene rings is 1. The molecule has 1 aliphatic heterocycles. The predicted molar refractivity (Wildman–Crippen MR) is 107 cm³/mol. The summed E-state index contributed by atoms with van der Waals surface area (Å²) in [6, 6.07) is 7.70. The summed E-state index contributed by atoms with van der Waals surface area (Å²) in [4.78, 5) is 40.4. The summed E-state index contributed by atoms with van der Waals surface area (Å²) < 4.78 is 24.5. The van der Waals surface area contributed by atoms with Gasteiger partial charge in [-0.3, -0.25) is 14.5 Å². The van der Waals surface area contributed by atoms with Gasteiger partial charge >= 0.3 is 6.03 Å². The molecule has 2 aliphatic rings. The highest BCUT2D eigenvalue weighted by Crippen LogP contribution is 2.39. The Morgan fingerprint density at radius 3 is 2.41 bits per heavy atom. The van der Waals surface area contributed by atoms with Crippen molar-refractivity contribution in [3.63, 3.8) is 0 Å². The summed E-state index contributed by atoms with van der Waals surface area (Å²) in [6.45, 7) is -0.183. The highest BCUT2D eigenvalue weighted by atomic mass is 32.2. The van der Waals surface area contributed by atoms with Crippen LogP contribution in [0.2, 0.25) is 0 Å². The van der Waals surface area contributed by atoms with Crippen LogP contribution >= 0.6 is 0 Å². The maximum Gasteiger partial charge on any atom is 0.327 e. The number of imide groups is 1. The third-order valence-corrected chi connectivity index (χ3v) is 7.62. The Kier molecular flexibility index (Phi) is 6.26. The molecule has 3 rings (SSSR count). The van der Waals surface area contributed by atoms with Gasteiger partial charge in [0, 0.05) is 13.6 Å². The number of likely N-dealkylation sites (N-methyl/N-ethyl adjacent to an activating group) is 1. The van der Waals surface area contributed by atoms with Crippen LogP contribution in [0.25, 0.3) is 0 Å². The fourth-order valence-corrected chi connectivity index (χ4v) is 5.44. The highest BCUT2D eigenvalue weighted by Gasteiger charge is 2.55. The smallest absolute Gasteiger partial charge is 0.327 e. The van der Waals surface area contributed by atoms with Crippen LogP contribution in [0.5, 0.6) is 0 Å². The summed E-state index contributed by atoms with van der Waals surface area (Å²) in [5.41, 5.74) is -0.806. The Morgan fingerprint density at radius 2 is 1.76 bits per heavy atom. The molecule has 8 nitrogen and oxygen atoms in total. The van der Waals surface area contributed by atoms with Crippen molar-refractivity contribution in [3.8, 4) is 0 Å². The lowest BCUT2D eigenvalue weighted by Crippen LogP contribution is -2.49. The summed E-state index contributed by atoms with van der Waals surface area (Å²) in [5.74, 6) is -0.860. The standard InChI is InChI=1S/C20H27N3O5S/c1-22-19(26)23(18(25)20(22)11-6-3-7-12-20)15-17(24)21-13-8-14-29(27,28)16-9-4-2-5-10-16/h2,4-5,9-10H,3,6-8,11-15H2,1H3,(H,21,24). The van der Waals surface area contributed by atoms with Crippen molar-refractivity contribution in [3.05, 3.63) is 30.3 Å². The average Bonchev–Trinajstić information content (AvgIpc) is 2.89. The molecule has 29 heavy (non-hydrogen) atoms. The van der Waals surface area contributed by atoms with E-state index in [-0.39, 0.29) is 36.1 Å². The molecule has 1 aliphatic carbocycles. The fraction of sp³-hybridized carbons (Fsp3) is 0.550. The Bertz CT molecular complexity index is 879. The zero-order chi connectivity index (χ0) is 21.1. The zero-order valence-electron chi connectivity index (χ0n) is 16.6. The van der Waals surface area contributed by atoms with E-state index in [1.807, 2.05) is 0 Å². The van der Waals surface area contributed by atoms with Crippen molar-refractivity contribution in [2.24, 2.45) is 0 Å². The van der Waals surface area contributed by atoms with E-state index in [2.05, 4.69) is 5.32 Å². The minimum Gasteiger partial charge on any atom is -0.355 e. The highest BCUT2D eigenvalue weighted by molar-refractivity contribution is 7.91. The molecular formula is C20H27N3O5S. The molecule has 0 radical (unpaired) electrons. The number of carbonyl (C=O) groups is 3. The molecule has 158 valence electrons. The molecule has 0 bridgehead atoms. The van der Waals surface area contributed by atoms with Gasteiger partial charge in [0.05, 0.1) is 10.6 Å². The Hall–Kier alpha value is -2.42. The number of urea groups is 1. The van der Waals surface area contributed by atoms with E-state index in [9.17, 15) is 22.8 Å². The fourth-order valence-electron chi connectivity index (χ4n) is 4.11. The van der Waals surface area contributed by atoms with Gasteiger partial charge in [-0.2, -0.15) is 0 Å². The molecule has 1 saturated carbocycles. The van der Waals surface area contributed by atoms with E-state index in [0.717, 1.165) is 24.2 Å². The van der Waals surface area contributed by atoms with E-state index in [0.29, 0.717) is 12.8 Å². The molecule has 1 saturated heterocycles. The number of nitrogens with zero attached hydrogens (tertiary/aromatic N) is 2. The third-order valence-electron chi connectivity index (χ3n) is 5.80. The topological polar surface area (TPSA) is 104 Å². The van der Waals surface area contributed by atoms with Crippen LogP contribution in [0, 0.1) is 0 Å². The molecular weight excluding hydrogens is 394 g/mol. The van der Waals surface area contributed by atoms with Gasteiger partial charge in [-0.1, -0.05) is 37.5 Å². The van der Waals surface area contributed by atoms with E-state index in [1.165, 1.54) is 17.0 Å². The van der Waals surface area contributed by atoms with Crippen molar-refractivity contribution in [2.75, 3.05) is 25.9 Å². The van der Waals surface area contributed by atoms with Crippen molar-refractivity contribution in [2.45, 2.75) is 49.0 Å². The van der Waals surface area contributed by atoms with Crippen LogP contribution in [0.4, 0.5) is 4.79 Å². The first-order valence-corrected chi connectivity index (χ1v) is 11.6. The van der Waals surface area contributed by atoms with Crippen LogP contribution in [-0.4, -0.2) is 67.5 Å². The lowest BCUT2D eigenvalue weighted by atomic mass is 9.81. The van der Waals surface area contributed by atoms with Crippen molar-refractivity contribution < 1.29 is 22.8 Å². The van der Waals surface area contributed by atoms with E-state index in [4.69, 9.17) is 0 Å². The van der Waals surface area contributed by atoms with Gasteiger partial charge in [-0.25, -0.2) is 13.2 Å². The van der Waals surface area contributed by atoms with Gasteiger partial charge in [-0.15, -0.1) is 0 Å². The average molecular weight is 422 g/mol. The molecule has 0 atom stereocenters. The number of hydrogen-bond acceptors (Lipinski definition) is 5. The van der Waals surface area contributed by atoms with Crippen molar-refractivity contribution >= 4 is 27.7 Å².